The molecule has 7 nitrogen and oxygen atoms in total. The molecule has 0 fully saturated rings. The quantitative estimate of drug-likeness (QED) is 0.510. The van der Waals surface area contributed by atoms with Gasteiger partial charge in [-0.25, -0.2) is 4.68 Å². The molecule has 0 aliphatic heterocycles. The van der Waals surface area contributed by atoms with Crippen LogP contribution >= 0.6 is 0 Å². The Kier molecular flexibility index (Phi) is 5.66. The van der Waals surface area contributed by atoms with Crippen molar-refractivity contribution in [1.82, 2.24) is 25.2 Å². The van der Waals surface area contributed by atoms with Crippen LogP contribution in [0.1, 0.15) is 42.6 Å². The van der Waals surface area contributed by atoms with Gasteiger partial charge in [0.2, 0.25) is 0 Å². The van der Waals surface area contributed by atoms with Gasteiger partial charge in [-0.05, 0) is 30.3 Å². The second-order valence-electron chi connectivity index (χ2n) is 8.31. The van der Waals surface area contributed by atoms with E-state index in [1.165, 1.54) is 0 Å². The monoisotopic (exact) mass is 415 g/mol. The van der Waals surface area contributed by atoms with Crippen LogP contribution in [-0.4, -0.2) is 32.4 Å². The molecule has 0 unspecified atom stereocenters. The molecule has 0 saturated heterocycles. The van der Waals surface area contributed by atoms with Gasteiger partial charge in [0, 0.05) is 24.6 Å². The SMILES string of the molecule is CC(C)(C)c1noc(-c2ccccc2C(=O)NCCc2ccn(-c3ccccc3)n2)n1. The average molecular weight is 415 g/mol. The number of amides is 1. The molecule has 0 radical (unpaired) electrons. The average Bonchev–Trinajstić information content (AvgIpc) is 3.44. The molecule has 0 atom stereocenters. The van der Waals surface area contributed by atoms with Crippen LogP contribution < -0.4 is 5.32 Å². The van der Waals surface area contributed by atoms with E-state index < -0.39 is 0 Å². The molecule has 0 saturated carbocycles. The van der Waals surface area contributed by atoms with Crippen LogP contribution in [0.3, 0.4) is 0 Å². The highest BCUT2D eigenvalue weighted by molar-refractivity contribution is 5.99. The van der Waals surface area contributed by atoms with Crippen LogP contribution in [-0.2, 0) is 11.8 Å². The van der Waals surface area contributed by atoms with Gasteiger partial charge in [0.25, 0.3) is 11.8 Å². The highest BCUT2D eigenvalue weighted by Gasteiger charge is 2.23. The van der Waals surface area contributed by atoms with E-state index in [0.29, 0.717) is 35.8 Å². The molecule has 4 rings (SSSR count). The molecule has 0 bridgehead atoms. The third-order valence-electron chi connectivity index (χ3n) is 4.83. The first-order chi connectivity index (χ1) is 14.9. The van der Waals surface area contributed by atoms with Crippen molar-refractivity contribution in [2.24, 2.45) is 0 Å². The predicted octanol–water partition coefficient (Wildman–Crippen LogP) is 4.19. The summed E-state index contributed by atoms with van der Waals surface area (Å²) in [5, 5.41) is 11.6. The molecule has 1 amide bonds. The zero-order valence-corrected chi connectivity index (χ0v) is 17.9. The Bertz CT molecular complexity index is 1170. The summed E-state index contributed by atoms with van der Waals surface area (Å²) in [5.41, 5.74) is 2.80. The molecule has 2 heterocycles. The Labute approximate surface area is 181 Å². The number of para-hydroxylation sites is 1. The zero-order valence-electron chi connectivity index (χ0n) is 17.9. The van der Waals surface area contributed by atoms with E-state index >= 15 is 0 Å². The van der Waals surface area contributed by atoms with Gasteiger partial charge in [0.1, 0.15) is 0 Å². The van der Waals surface area contributed by atoms with E-state index in [1.54, 1.807) is 6.07 Å². The third-order valence-corrected chi connectivity index (χ3v) is 4.83. The summed E-state index contributed by atoms with van der Waals surface area (Å²) in [5.74, 6) is 0.762. The van der Waals surface area contributed by atoms with Crippen molar-refractivity contribution in [2.75, 3.05) is 6.54 Å². The Morgan fingerprint density at radius 2 is 1.77 bits per heavy atom. The standard InChI is InChI=1S/C24H25N5O2/c1-24(2,3)23-26-22(31-28-23)20-12-8-7-11-19(20)21(30)25-15-13-17-14-16-29(27-17)18-9-5-4-6-10-18/h4-12,14,16H,13,15H2,1-3H3,(H,25,30). The van der Waals surface area contributed by atoms with E-state index in [0.717, 1.165) is 11.4 Å². The maximum atomic E-state index is 12.8. The van der Waals surface area contributed by atoms with Crippen LogP contribution in [0.15, 0.2) is 71.4 Å². The van der Waals surface area contributed by atoms with E-state index in [-0.39, 0.29) is 11.3 Å². The lowest BCUT2D eigenvalue weighted by atomic mass is 9.96. The minimum Gasteiger partial charge on any atom is -0.352 e. The number of hydrogen-bond donors (Lipinski definition) is 1. The van der Waals surface area contributed by atoms with Gasteiger partial charge >= 0.3 is 0 Å². The van der Waals surface area contributed by atoms with Gasteiger partial charge in [0.15, 0.2) is 5.82 Å². The third kappa shape index (κ3) is 4.71. The van der Waals surface area contributed by atoms with Crippen LogP contribution in [0.4, 0.5) is 0 Å². The highest BCUT2D eigenvalue weighted by Crippen LogP contribution is 2.26. The van der Waals surface area contributed by atoms with Crippen molar-refractivity contribution >= 4 is 5.91 Å². The molecule has 2 aromatic carbocycles. The van der Waals surface area contributed by atoms with Crippen LogP contribution in [0, 0.1) is 0 Å². The van der Waals surface area contributed by atoms with E-state index in [9.17, 15) is 4.79 Å². The van der Waals surface area contributed by atoms with Crippen molar-refractivity contribution < 1.29 is 9.32 Å². The second kappa shape index (κ2) is 8.55. The summed E-state index contributed by atoms with van der Waals surface area (Å²) in [6.07, 6.45) is 2.55. The smallest absolute Gasteiger partial charge is 0.258 e. The molecule has 158 valence electrons. The van der Waals surface area contributed by atoms with Crippen molar-refractivity contribution in [1.29, 1.82) is 0 Å². The summed E-state index contributed by atoms with van der Waals surface area (Å²) in [6.45, 7) is 6.51. The molecular formula is C24H25N5O2. The van der Waals surface area contributed by atoms with Crippen LogP contribution in [0.25, 0.3) is 17.1 Å². The first kappa shape index (κ1) is 20.5. The number of hydrogen-bond acceptors (Lipinski definition) is 5. The Hall–Kier alpha value is -3.74. The molecule has 31 heavy (non-hydrogen) atoms. The van der Waals surface area contributed by atoms with Crippen molar-refractivity contribution in [2.45, 2.75) is 32.6 Å². The van der Waals surface area contributed by atoms with Gasteiger partial charge < -0.3 is 9.84 Å². The Morgan fingerprint density at radius 1 is 1.03 bits per heavy atom. The lowest BCUT2D eigenvalue weighted by Crippen LogP contribution is -2.26. The number of carbonyl (C=O) groups is 1. The number of rotatable bonds is 6. The van der Waals surface area contributed by atoms with Gasteiger partial charge in [0.05, 0.1) is 22.5 Å². The minimum atomic E-state index is -0.234. The molecule has 0 spiro atoms. The van der Waals surface area contributed by atoms with Crippen molar-refractivity contribution in [3.63, 3.8) is 0 Å². The largest absolute Gasteiger partial charge is 0.352 e. The normalized spacial score (nSPS) is 11.5. The first-order valence-corrected chi connectivity index (χ1v) is 10.2. The maximum absolute atomic E-state index is 12.8. The number of carbonyl (C=O) groups excluding carboxylic acids is 1. The van der Waals surface area contributed by atoms with E-state index in [2.05, 4.69) is 20.6 Å². The molecular weight excluding hydrogens is 390 g/mol. The Morgan fingerprint density at radius 3 is 2.52 bits per heavy atom. The molecule has 4 aromatic rings. The number of nitrogens with one attached hydrogen (secondary N) is 1. The number of benzene rings is 2. The number of nitrogens with zero attached hydrogens (tertiary/aromatic N) is 4. The van der Waals surface area contributed by atoms with Crippen molar-refractivity contribution in [3.8, 4) is 17.1 Å². The summed E-state index contributed by atoms with van der Waals surface area (Å²) < 4.78 is 7.26. The van der Waals surface area contributed by atoms with Gasteiger partial charge in [-0.1, -0.05) is 56.3 Å². The fraction of sp³-hybridized carbons (Fsp3) is 0.250. The van der Waals surface area contributed by atoms with Crippen LogP contribution in [0.5, 0.6) is 0 Å². The zero-order chi connectivity index (χ0) is 21.8. The lowest BCUT2D eigenvalue weighted by Gasteiger charge is -2.11. The predicted molar refractivity (Wildman–Crippen MR) is 118 cm³/mol. The summed E-state index contributed by atoms with van der Waals surface area (Å²) in [6, 6.07) is 19.1. The lowest BCUT2D eigenvalue weighted by molar-refractivity contribution is 0.0954. The van der Waals surface area contributed by atoms with Gasteiger partial charge in [-0.3, -0.25) is 4.79 Å². The molecule has 0 aliphatic carbocycles. The minimum absolute atomic E-state index is 0.186. The number of aromatic nitrogens is 4. The maximum Gasteiger partial charge on any atom is 0.258 e. The van der Waals surface area contributed by atoms with Crippen LogP contribution in [0.2, 0.25) is 0 Å². The second-order valence-corrected chi connectivity index (χ2v) is 8.31. The fourth-order valence-corrected chi connectivity index (χ4v) is 3.12. The van der Waals surface area contributed by atoms with Gasteiger partial charge in [-0.15, -0.1) is 0 Å². The molecule has 1 N–H and O–H groups in total. The summed E-state index contributed by atoms with van der Waals surface area (Å²) in [7, 11) is 0. The molecule has 0 aliphatic rings. The summed E-state index contributed by atoms with van der Waals surface area (Å²) in [4.78, 5) is 17.3. The first-order valence-electron chi connectivity index (χ1n) is 10.2. The summed E-state index contributed by atoms with van der Waals surface area (Å²) >= 11 is 0. The topological polar surface area (TPSA) is 85.8 Å². The molecule has 7 heteroatoms. The molecule has 2 aromatic heterocycles. The highest BCUT2D eigenvalue weighted by atomic mass is 16.5. The Balaban J connectivity index is 1.42. The van der Waals surface area contributed by atoms with Crippen molar-refractivity contribution in [3.05, 3.63) is 83.9 Å². The van der Waals surface area contributed by atoms with E-state index in [1.807, 2.05) is 86.2 Å². The van der Waals surface area contributed by atoms with E-state index in [4.69, 9.17) is 4.52 Å². The van der Waals surface area contributed by atoms with Gasteiger partial charge in [-0.2, -0.15) is 10.1 Å². The fourth-order valence-electron chi connectivity index (χ4n) is 3.12.